The van der Waals surface area contributed by atoms with Crippen LogP contribution in [0.1, 0.15) is 5.56 Å². The van der Waals surface area contributed by atoms with E-state index >= 15 is 0 Å². The van der Waals surface area contributed by atoms with E-state index in [2.05, 4.69) is 16.1 Å². The van der Waals surface area contributed by atoms with E-state index in [1.54, 1.807) is 14.2 Å². The van der Waals surface area contributed by atoms with Gasteiger partial charge in [-0.05, 0) is 24.7 Å². The average molecular weight is 260 g/mol. The molecule has 0 aliphatic heterocycles. The van der Waals surface area contributed by atoms with E-state index in [1.807, 2.05) is 29.2 Å². The highest BCUT2D eigenvalue weighted by Crippen LogP contribution is 2.28. The molecule has 0 bridgehead atoms. The molecule has 0 aliphatic carbocycles. The third kappa shape index (κ3) is 2.89. The normalized spacial score (nSPS) is 10.4. The fourth-order valence-electron chi connectivity index (χ4n) is 1.23. The van der Waals surface area contributed by atoms with Crippen molar-refractivity contribution < 1.29 is 9.47 Å². The Morgan fingerprint density at radius 3 is 2.36 bits per heavy atom. The zero-order valence-electron chi connectivity index (χ0n) is 8.58. The van der Waals surface area contributed by atoms with Crippen molar-refractivity contribution in [2.45, 2.75) is 6.54 Å². The molecule has 0 spiro atoms. The quantitative estimate of drug-likeness (QED) is 0.776. The van der Waals surface area contributed by atoms with E-state index in [0.717, 1.165) is 18.0 Å². The highest BCUT2D eigenvalue weighted by molar-refractivity contribution is 9.07. The number of ether oxygens (including phenoxy) is 2. The van der Waals surface area contributed by atoms with Crippen LogP contribution < -0.4 is 9.47 Å². The van der Waals surface area contributed by atoms with Crippen molar-refractivity contribution in [3.05, 3.63) is 23.8 Å². The molecule has 0 aromatic heterocycles. The molecule has 4 heteroatoms. The third-order valence-corrected chi connectivity index (χ3v) is 2.10. The van der Waals surface area contributed by atoms with Crippen LogP contribution in [0.2, 0.25) is 0 Å². The number of methoxy groups -OCH3 is 2. The molecule has 0 saturated carbocycles. The van der Waals surface area contributed by atoms with Gasteiger partial charge in [-0.15, -0.1) is 0 Å². The van der Waals surface area contributed by atoms with Gasteiger partial charge in [0.15, 0.2) is 11.5 Å². The number of benzene rings is 1. The monoisotopic (exact) mass is 259 g/mol. The molecule has 78 valence electrons. The van der Waals surface area contributed by atoms with Crippen molar-refractivity contribution in [3.63, 3.8) is 0 Å². The predicted octanol–water partition coefficient (Wildman–Crippen LogP) is 2.45. The molecule has 0 unspecified atom stereocenters. The van der Waals surface area contributed by atoms with E-state index in [9.17, 15) is 0 Å². The molecule has 0 radical (unpaired) electrons. The molecule has 3 nitrogen and oxygen atoms in total. The fourth-order valence-corrected chi connectivity index (χ4v) is 1.52. The number of hydrogen-bond acceptors (Lipinski definition) is 3. The predicted molar refractivity (Wildman–Crippen MR) is 59.9 cm³/mol. The van der Waals surface area contributed by atoms with Gasteiger partial charge in [0.1, 0.15) is 0 Å². The number of rotatable bonds is 4. The first-order chi connectivity index (χ1) is 6.67. The van der Waals surface area contributed by atoms with Gasteiger partial charge >= 0.3 is 0 Å². The van der Waals surface area contributed by atoms with Gasteiger partial charge in [0, 0.05) is 22.7 Å². The molecule has 0 atom stereocenters. The standard InChI is InChI=1S/C10H14BrNO2/c1-12(11)7-8-4-5-9(13-2)10(6-8)14-3/h4-6H,7H2,1-3H3. The highest BCUT2D eigenvalue weighted by Gasteiger charge is 2.04. The topological polar surface area (TPSA) is 21.7 Å². The maximum atomic E-state index is 5.20. The molecule has 0 aliphatic rings. The maximum absolute atomic E-state index is 5.20. The van der Waals surface area contributed by atoms with Gasteiger partial charge in [-0.25, -0.2) is 3.93 Å². The molecule has 14 heavy (non-hydrogen) atoms. The number of nitrogens with zero attached hydrogens (tertiary/aromatic N) is 1. The Bertz CT molecular complexity index is 302. The summed E-state index contributed by atoms with van der Waals surface area (Å²) < 4.78 is 12.3. The largest absolute Gasteiger partial charge is 0.493 e. The van der Waals surface area contributed by atoms with E-state index in [0.29, 0.717) is 0 Å². The summed E-state index contributed by atoms with van der Waals surface area (Å²) in [7, 11) is 5.23. The summed E-state index contributed by atoms with van der Waals surface area (Å²) >= 11 is 3.35. The Hall–Kier alpha value is -0.740. The first-order valence-electron chi connectivity index (χ1n) is 4.25. The zero-order valence-corrected chi connectivity index (χ0v) is 10.2. The lowest BCUT2D eigenvalue weighted by Crippen LogP contribution is -2.03. The molecule has 1 aromatic rings. The summed E-state index contributed by atoms with van der Waals surface area (Å²) in [4.78, 5) is 0. The lowest BCUT2D eigenvalue weighted by molar-refractivity contribution is 0.354. The minimum Gasteiger partial charge on any atom is -0.493 e. The minimum atomic E-state index is 0.758. The molecule has 1 rings (SSSR count). The summed E-state index contributed by atoms with van der Waals surface area (Å²) in [5.41, 5.74) is 1.17. The van der Waals surface area contributed by atoms with Crippen molar-refractivity contribution >= 4 is 16.1 Å². The van der Waals surface area contributed by atoms with Gasteiger partial charge in [0.25, 0.3) is 0 Å². The Morgan fingerprint density at radius 2 is 1.86 bits per heavy atom. The van der Waals surface area contributed by atoms with E-state index in [1.165, 1.54) is 5.56 Å². The lowest BCUT2D eigenvalue weighted by Gasteiger charge is -2.11. The van der Waals surface area contributed by atoms with Crippen LogP contribution in [0.4, 0.5) is 0 Å². The second-order valence-corrected chi connectivity index (χ2v) is 4.16. The third-order valence-electron chi connectivity index (χ3n) is 1.85. The van der Waals surface area contributed by atoms with Gasteiger partial charge in [-0.2, -0.15) is 0 Å². The van der Waals surface area contributed by atoms with Gasteiger partial charge < -0.3 is 9.47 Å². The van der Waals surface area contributed by atoms with E-state index < -0.39 is 0 Å². The van der Waals surface area contributed by atoms with Crippen molar-refractivity contribution in [3.8, 4) is 11.5 Å². The van der Waals surface area contributed by atoms with Crippen LogP contribution in [0.25, 0.3) is 0 Å². The van der Waals surface area contributed by atoms with Crippen LogP contribution in [0.15, 0.2) is 18.2 Å². The fraction of sp³-hybridized carbons (Fsp3) is 0.400. The second kappa shape index (κ2) is 5.22. The van der Waals surface area contributed by atoms with Crippen LogP contribution in [-0.4, -0.2) is 25.2 Å². The van der Waals surface area contributed by atoms with Gasteiger partial charge in [0.2, 0.25) is 0 Å². The summed E-state index contributed by atoms with van der Waals surface area (Å²) in [6, 6.07) is 5.89. The van der Waals surface area contributed by atoms with Crippen molar-refractivity contribution in [1.29, 1.82) is 0 Å². The highest BCUT2D eigenvalue weighted by atomic mass is 79.9. The average Bonchev–Trinajstić information content (AvgIpc) is 2.16. The molecular weight excluding hydrogens is 246 g/mol. The van der Waals surface area contributed by atoms with Crippen LogP contribution in [-0.2, 0) is 6.54 Å². The zero-order chi connectivity index (χ0) is 10.6. The van der Waals surface area contributed by atoms with Crippen LogP contribution >= 0.6 is 16.1 Å². The SMILES string of the molecule is COc1ccc(CN(C)Br)cc1OC. The summed E-state index contributed by atoms with van der Waals surface area (Å²) in [5.74, 6) is 1.52. The van der Waals surface area contributed by atoms with Gasteiger partial charge in [-0.1, -0.05) is 6.07 Å². The summed E-state index contributed by atoms with van der Waals surface area (Å²) in [6.45, 7) is 0.820. The van der Waals surface area contributed by atoms with Gasteiger partial charge in [-0.3, -0.25) is 0 Å². The second-order valence-electron chi connectivity index (χ2n) is 2.95. The van der Waals surface area contributed by atoms with Gasteiger partial charge in [0.05, 0.1) is 14.2 Å². The Balaban J connectivity index is 2.89. The summed E-state index contributed by atoms with van der Waals surface area (Å²) in [5, 5.41) is 0. The van der Waals surface area contributed by atoms with Crippen molar-refractivity contribution in [1.82, 2.24) is 3.93 Å². The van der Waals surface area contributed by atoms with Crippen molar-refractivity contribution in [2.75, 3.05) is 21.3 Å². The Labute approximate surface area is 93.0 Å². The molecule has 0 N–H and O–H groups in total. The van der Waals surface area contributed by atoms with Crippen LogP contribution in [0.3, 0.4) is 0 Å². The summed E-state index contributed by atoms with van der Waals surface area (Å²) in [6.07, 6.45) is 0. The smallest absolute Gasteiger partial charge is 0.161 e. The lowest BCUT2D eigenvalue weighted by atomic mass is 10.2. The molecule has 0 amide bonds. The van der Waals surface area contributed by atoms with E-state index in [4.69, 9.17) is 9.47 Å². The van der Waals surface area contributed by atoms with Crippen LogP contribution in [0, 0.1) is 0 Å². The van der Waals surface area contributed by atoms with E-state index in [-0.39, 0.29) is 0 Å². The maximum Gasteiger partial charge on any atom is 0.161 e. The molecule has 0 saturated heterocycles. The molecular formula is C10H14BrNO2. The Morgan fingerprint density at radius 1 is 1.21 bits per heavy atom. The van der Waals surface area contributed by atoms with Crippen molar-refractivity contribution in [2.24, 2.45) is 0 Å². The van der Waals surface area contributed by atoms with Crippen LogP contribution in [0.5, 0.6) is 11.5 Å². The first kappa shape index (κ1) is 11.3. The number of halogens is 1. The number of hydrogen-bond donors (Lipinski definition) is 0. The Kier molecular flexibility index (Phi) is 4.22. The minimum absolute atomic E-state index is 0.758. The first-order valence-corrected chi connectivity index (χ1v) is 4.96. The molecule has 0 heterocycles. The molecule has 1 aromatic carbocycles. The molecule has 0 fully saturated rings.